The Hall–Kier alpha value is -0.830. The molecule has 1 aliphatic carbocycles. The first kappa shape index (κ1) is 12.2. The number of hydrogen-bond acceptors (Lipinski definition) is 3. The Balaban J connectivity index is 1.90. The second-order valence-corrected chi connectivity index (χ2v) is 6.73. The van der Waals surface area contributed by atoms with Crippen LogP contribution in [0.3, 0.4) is 0 Å². The summed E-state index contributed by atoms with van der Waals surface area (Å²) >= 11 is 0. The van der Waals surface area contributed by atoms with Gasteiger partial charge in [0.25, 0.3) is 0 Å². The third-order valence-electron chi connectivity index (χ3n) is 5.51. The van der Waals surface area contributed by atoms with Gasteiger partial charge in [-0.25, -0.2) is 0 Å². The van der Waals surface area contributed by atoms with Gasteiger partial charge in [0.05, 0.1) is 18.1 Å². The number of carbonyl (C=O) groups excluding carboxylic acids is 1. The largest absolute Gasteiger partial charge is 0.462 e. The van der Waals surface area contributed by atoms with Crippen LogP contribution in [0.15, 0.2) is 12.7 Å². The second kappa shape index (κ2) is 3.60. The van der Waals surface area contributed by atoms with Crippen LogP contribution in [0, 0.1) is 23.2 Å². The number of allylic oxidation sites excluding steroid dienone is 1. The molecule has 2 saturated heterocycles. The van der Waals surface area contributed by atoms with Gasteiger partial charge < -0.3 is 9.47 Å². The van der Waals surface area contributed by atoms with Crippen LogP contribution >= 0.6 is 0 Å². The normalized spacial score (nSPS) is 54.7. The minimum Gasteiger partial charge on any atom is -0.462 e. The van der Waals surface area contributed by atoms with Crippen molar-refractivity contribution in [3.8, 4) is 0 Å². The van der Waals surface area contributed by atoms with Crippen molar-refractivity contribution in [2.24, 2.45) is 23.2 Å². The van der Waals surface area contributed by atoms with E-state index in [2.05, 4.69) is 20.4 Å². The molecule has 3 heteroatoms. The topological polar surface area (TPSA) is 38.8 Å². The van der Waals surface area contributed by atoms with Crippen molar-refractivity contribution in [2.75, 3.05) is 6.61 Å². The van der Waals surface area contributed by atoms with Gasteiger partial charge in [-0.1, -0.05) is 19.9 Å². The lowest BCUT2D eigenvalue weighted by Gasteiger charge is -2.46. The fraction of sp³-hybridized carbons (Fsp3) is 0.800. The lowest BCUT2D eigenvalue weighted by molar-refractivity contribution is -0.145. The molecule has 0 N–H and O–H groups in total. The van der Waals surface area contributed by atoms with Crippen LogP contribution in [0.5, 0.6) is 0 Å². The molecule has 0 aromatic rings. The minimum absolute atomic E-state index is 0.0107. The summed E-state index contributed by atoms with van der Waals surface area (Å²) < 4.78 is 11.2. The fourth-order valence-electron chi connectivity index (χ4n) is 3.99. The van der Waals surface area contributed by atoms with E-state index in [4.69, 9.17) is 9.47 Å². The Kier molecular flexibility index (Phi) is 2.44. The molecule has 2 aliphatic heterocycles. The zero-order valence-corrected chi connectivity index (χ0v) is 11.4. The molecule has 3 rings (SSSR count). The number of carbonyl (C=O) groups is 1. The summed E-state index contributed by atoms with van der Waals surface area (Å²) in [6.45, 7) is 11.2. The van der Waals surface area contributed by atoms with E-state index in [0.717, 1.165) is 19.4 Å². The molecule has 0 amide bonds. The standard InChI is InChI=1S/C15H22O3/c1-5-14(3)7-11-10(9(2)13(16)18-11)6-12(14)15(4)8-17-15/h5,9-12H,1,6-8H2,2-4H3/t9-,10+,11+,12+,14+,15?/m0/s1. The molecule has 2 heterocycles. The lowest BCUT2D eigenvalue weighted by Crippen LogP contribution is -2.46. The first-order valence-electron chi connectivity index (χ1n) is 6.88. The van der Waals surface area contributed by atoms with Crippen molar-refractivity contribution in [1.29, 1.82) is 0 Å². The van der Waals surface area contributed by atoms with Crippen LogP contribution in [-0.2, 0) is 14.3 Å². The molecule has 1 unspecified atom stereocenters. The molecule has 3 fully saturated rings. The first-order chi connectivity index (χ1) is 8.39. The molecule has 18 heavy (non-hydrogen) atoms. The predicted molar refractivity (Wildman–Crippen MR) is 67.9 cm³/mol. The quantitative estimate of drug-likeness (QED) is 0.429. The van der Waals surface area contributed by atoms with Crippen LogP contribution < -0.4 is 0 Å². The maximum Gasteiger partial charge on any atom is 0.309 e. The Bertz CT molecular complexity index is 399. The highest BCUT2D eigenvalue weighted by atomic mass is 16.6. The molecule has 3 aliphatic rings. The van der Waals surface area contributed by atoms with Gasteiger partial charge in [-0.2, -0.15) is 0 Å². The second-order valence-electron chi connectivity index (χ2n) is 6.73. The van der Waals surface area contributed by atoms with Crippen LogP contribution in [0.4, 0.5) is 0 Å². The van der Waals surface area contributed by atoms with E-state index in [1.165, 1.54) is 0 Å². The zero-order chi connectivity index (χ0) is 13.1. The van der Waals surface area contributed by atoms with Gasteiger partial charge in [0.15, 0.2) is 0 Å². The van der Waals surface area contributed by atoms with Crippen molar-refractivity contribution in [3.63, 3.8) is 0 Å². The molecule has 1 saturated carbocycles. The molecular formula is C15H22O3. The smallest absolute Gasteiger partial charge is 0.309 e. The van der Waals surface area contributed by atoms with E-state index >= 15 is 0 Å². The Morgan fingerprint density at radius 1 is 1.44 bits per heavy atom. The third kappa shape index (κ3) is 1.56. The summed E-state index contributed by atoms with van der Waals surface area (Å²) in [6.07, 6.45) is 4.02. The van der Waals surface area contributed by atoms with Gasteiger partial charge in [0.2, 0.25) is 0 Å². The molecular weight excluding hydrogens is 228 g/mol. The summed E-state index contributed by atoms with van der Waals surface area (Å²) in [6, 6.07) is 0. The molecule has 3 nitrogen and oxygen atoms in total. The fourth-order valence-corrected chi connectivity index (χ4v) is 3.99. The predicted octanol–water partition coefficient (Wildman–Crippen LogP) is 2.56. The van der Waals surface area contributed by atoms with Crippen LogP contribution in [-0.4, -0.2) is 24.3 Å². The Morgan fingerprint density at radius 2 is 2.11 bits per heavy atom. The van der Waals surface area contributed by atoms with Gasteiger partial charge in [-0.05, 0) is 31.1 Å². The monoisotopic (exact) mass is 250 g/mol. The van der Waals surface area contributed by atoms with Crippen LogP contribution in [0.1, 0.15) is 33.6 Å². The van der Waals surface area contributed by atoms with Crippen molar-refractivity contribution in [2.45, 2.75) is 45.3 Å². The van der Waals surface area contributed by atoms with Gasteiger partial charge in [0.1, 0.15) is 6.10 Å². The van der Waals surface area contributed by atoms with Crippen LogP contribution in [0.2, 0.25) is 0 Å². The van der Waals surface area contributed by atoms with Gasteiger partial charge >= 0.3 is 5.97 Å². The van der Waals surface area contributed by atoms with E-state index < -0.39 is 0 Å². The highest BCUT2D eigenvalue weighted by molar-refractivity contribution is 5.75. The Labute approximate surface area is 109 Å². The molecule has 0 aromatic heterocycles. The van der Waals surface area contributed by atoms with Crippen molar-refractivity contribution in [1.82, 2.24) is 0 Å². The number of epoxide rings is 1. The van der Waals surface area contributed by atoms with E-state index in [9.17, 15) is 4.79 Å². The number of rotatable bonds is 2. The Morgan fingerprint density at radius 3 is 2.67 bits per heavy atom. The maximum absolute atomic E-state index is 11.7. The molecule has 6 atom stereocenters. The number of hydrogen-bond donors (Lipinski definition) is 0. The molecule has 0 bridgehead atoms. The summed E-state index contributed by atoms with van der Waals surface area (Å²) in [5.41, 5.74) is -0.00394. The molecule has 0 aromatic carbocycles. The third-order valence-corrected chi connectivity index (χ3v) is 5.51. The van der Waals surface area contributed by atoms with Gasteiger partial charge in [-0.15, -0.1) is 6.58 Å². The zero-order valence-electron chi connectivity index (χ0n) is 11.4. The molecule has 0 spiro atoms. The highest BCUT2D eigenvalue weighted by Gasteiger charge is 2.60. The van der Waals surface area contributed by atoms with E-state index in [1.54, 1.807) is 0 Å². The van der Waals surface area contributed by atoms with Gasteiger partial charge in [-0.3, -0.25) is 4.79 Å². The SMILES string of the molecule is C=C[C@]1(C)C[C@H]2OC(=O)[C@@H](C)[C@H]2C[C@H]1C1(C)CO1. The van der Waals surface area contributed by atoms with Crippen molar-refractivity contribution in [3.05, 3.63) is 12.7 Å². The summed E-state index contributed by atoms with van der Waals surface area (Å²) in [5, 5.41) is 0. The first-order valence-corrected chi connectivity index (χ1v) is 6.88. The van der Waals surface area contributed by atoms with Crippen LogP contribution in [0.25, 0.3) is 0 Å². The maximum atomic E-state index is 11.7. The summed E-state index contributed by atoms with van der Waals surface area (Å²) in [5.74, 6) is 0.811. The molecule has 0 radical (unpaired) electrons. The number of fused-ring (bicyclic) bond motifs is 1. The molecule has 100 valence electrons. The number of esters is 1. The average Bonchev–Trinajstić information content (AvgIpc) is 3.01. The average molecular weight is 250 g/mol. The minimum atomic E-state index is -0.0288. The summed E-state index contributed by atoms with van der Waals surface area (Å²) in [4.78, 5) is 11.7. The van der Waals surface area contributed by atoms with E-state index in [-0.39, 0.29) is 29.0 Å². The highest BCUT2D eigenvalue weighted by Crippen LogP contribution is 2.57. The van der Waals surface area contributed by atoms with E-state index in [1.807, 2.05) is 13.0 Å². The van der Waals surface area contributed by atoms with Crippen molar-refractivity contribution >= 4 is 5.97 Å². The van der Waals surface area contributed by atoms with Crippen molar-refractivity contribution < 1.29 is 14.3 Å². The lowest BCUT2D eigenvalue weighted by atomic mass is 9.58. The van der Waals surface area contributed by atoms with E-state index in [0.29, 0.717) is 11.8 Å². The summed E-state index contributed by atoms with van der Waals surface area (Å²) in [7, 11) is 0. The van der Waals surface area contributed by atoms with Gasteiger partial charge in [0, 0.05) is 5.92 Å². The number of ether oxygens (including phenoxy) is 2.